The van der Waals surface area contributed by atoms with Crippen molar-refractivity contribution in [2.24, 2.45) is 5.92 Å². The van der Waals surface area contributed by atoms with Gasteiger partial charge in [-0.3, -0.25) is 0 Å². The number of amides is 2. The molecule has 6 nitrogen and oxygen atoms in total. The SMILES string of the molecule is C[C@H](NC(=O)NCc1ccc(OC2CCN(CC3CC3)CC2)nc1)c1ccccc1. The Morgan fingerprint density at radius 3 is 2.57 bits per heavy atom. The van der Waals surface area contributed by atoms with Gasteiger partial charge in [0, 0.05) is 38.4 Å². The van der Waals surface area contributed by atoms with Crippen molar-refractivity contribution in [1.29, 1.82) is 0 Å². The van der Waals surface area contributed by atoms with E-state index in [0.717, 1.165) is 43.0 Å². The third-order valence-corrected chi connectivity index (χ3v) is 5.93. The van der Waals surface area contributed by atoms with Gasteiger partial charge in [-0.25, -0.2) is 9.78 Å². The summed E-state index contributed by atoms with van der Waals surface area (Å²) in [4.78, 5) is 19.2. The smallest absolute Gasteiger partial charge is 0.315 e. The van der Waals surface area contributed by atoms with Gasteiger partial charge in [0.05, 0.1) is 6.04 Å². The number of nitrogens with one attached hydrogen (secondary N) is 2. The minimum atomic E-state index is -0.190. The van der Waals surface area contributed by atoms with Crippen LogP contribution in [0.2, 0.25) is 0 Å². The van der Waals surface area contributed by atoms with E-state index in [4.69, 9.17) is 4.74 Å². The third-order valence-electron chi connectivity index (χ3n) is 5.93. The fourth-order valence-electron chi connectivity index (χ4n) is 3.89. The topological polar surface area (TPSA) is 66.5 Å². The lowest BCUT2D eigenvalue weighted by molar-refractivity contribution is 0.0944. The van der Waals surface area contributed by atoms with E-state index >= 15 is 0 Å². The zero-order valence-electron chi connectivity index (χ0n) is 17.7. The highest BCUT2D eigenvalue weighted by Crippen LogP contribution is 2.30. The number of hydrogen-bond donors (Lipinski definition) is 2. The summed E-state index contributed by atoms with van der Waals surface area (Å²) in [6, 6.07) is 13.5. The molecule has 1 atom stereocenters. The Labute approximate surface area is 179 Å². The van der Waals surface area contributed by atoms with Gasteiger partial charge in [-0.05, 0) is 49.7 Å². The quantitative estimate of drug-likeness (QED) is 0.695. The molecule has 2 N–H and O–H groups in total. The highest BCUT2D eigenvalue weighted by molar-refractivity contribution is 5.74. The Balaban J connectivity index is 1.17. The van der Waals surface area contributed by atoms with Crippen molar-refractivity contribution < 1.29 is 9.53 Å². The number of carbonyl (C=O) groups excluding carboxylic acids is 1. The van der Waals surface area contributed by atoms with Crippen molar-refractivity contribution in [2.45, 2.75) is 51.3 Å². The van der Waals surface area contributed by atoms with Crippen molar-refractivity contribution in [3.63, 3.8) is 0 Å². The van der Waals surface area contributed by atoms with Crippen LogP contribution in [0.1, 0.15) is 49.8 Å². The molecule has 0 unspecified atom stereocenters. The summed E-state index contributed by atoms with van der Waals surface area (Å²) in [5.74, 6) is 1.62. The Morgan fingerprint density at radius 1 is 1.13 bits per heavy atom. The Kier molecular flexibility index (Phi) is 6.84. The molecule has 1 saturated heterocycles. The van der Waals surface area contributed by atoms with Gasteiger partial charge >= 0.3 is 6.03 Å². The van der Waals surface area contributed by atoms with E-state index in [1.807, 2.05) is 49.4 Å². The molecular formula is C24H32N4O2. The number of hydrogen-bond acceptors (Lipinski definition) is 4. The number of carbonyl (C=O) groups is 1. The van der Waals surface area contributed by atoms with Gasteiger partial charge in [0.2, 0.25) is 5.88 Å². The fourth-order valence-corrected chi connectivity index (χ4v) is 3.89. The number of likely N-dealkylation sites (tertiary alicyclic amines) is 1. The summed E-state index contributed by atoms with van der Waals surface area (Å²) in [5.41, 5.74) is 2.03. The Morgan fingerprint density at radius 2 is 1.90 bits per heavy atom. The Bertz CT molecular complexity index is 800. The predicted octanol–water partition coefficient (Wildman–Crippen LogP) is 3.90. The van der Waals surface area contributed by atoms with Gasteiger partial charge in [-0.15, -0.1) is 0 Å². The molecule has 2 aromatic rings. The van der Waals surface area contributed by atoms with Crippen LogP contribution in [0.5, 0.6) is 5.88 Å². The number of urea groups is 1. The molecule has 6 heteroatoms. The molecule has 0 bridgehead atoms. The minimum Gasteiger partial charge on any atom is -0.474 e. The molecule has 1 aliphatic heterocycles. The lowest BCUT2D eigenvalue weighted by Crippen LogP contribution is -2.39. The zero-order valence-corrected chi connectivity index (χ0v) is 17.7. The number of benzene rings is 1. The molecule has 2 amide bonds. The summed E-state index contributed by atoms with van der Waals surface area (Å²) in [5, 5.41) is 5.84. The molecule has 1 aliphatic carbocycles. The second-order valence-electron chi connectivity index (χ2n) is 8.53. The van der Waals surface area contributed by atoms with E-state index in [9.17, 15) is 4.79 Å². The average molecular weight is 409 g/mol. The summed E-state index contributed by atoms with van der Waals surface area (Å²) >= 11 is 0. The van der Waals surface area contributed by atoms with Crippen molar-refractivity contribution in [1.82, 2.24) is 20.5 Å². The second kappa shape index (κ2) is 9.94. The van der Waals surface area contributed by atoms with E-state index in [1.165, 1.54) is 19.4 Å². The van der Waals surface area contributed by atoms with Crippen molar-refractivity contribution in [3.05, 3.63) is 59.8 Å². The number of nitrogens with zero attached hydrogens (tertiary/aromatic N) is 2. The van der Waals surface area contributed by atoms with Crippen molar-refractivity contribution in [2.75, 3.05) is 19.6 Å². The van der Waals surface area contributed by atoms with Crippen molar-refractivity contribution >= 4 is 6.03 Å². The molecule has 1 aromatic heterocycles. The normalized spacial score (nSPS) is 18.6. The van der Waals surface area contributed by atoms with Gasteiger partial charge in [-0.1, -0.05) is 36.4 Å². The lowest BCUT2D eigenvalue weighted by atomic mass is 10.1. The molecule has 1 saturated carbocycles. The van der Waals surface area contributed by atoms with Crippen LogP contribution < -0.4 is 15.4 Å². The number of pyridine rings is 1. The maximum atomic E-state index is 12.2. The minimum absolute atomic E-state index is 0.0456. The molecule has 0 radical (unpaired) electrons. The van der Waals surface area contributed by atoms with Crippen LogP contribution >= 0.6 is 0 Å². The molecule has 160 valence electrons. The van der Waals surface area contributed by atoms with Crippen LogP contribution in [0, 0.1) is 5.92 Å². The number of piperidine rings is 1. The molecule has 0 spiro atoms. The van der Waals surface area contributed by atoms with E-state index in [0.29, 0.717) is 12.4 Å². The monoisotopic (exact) mass is 408 g/mol. The van der Waals surface area contributed by atoms with Crippen molar-refractivity contribution in [3.8, 4) is 5.88 Å². The molecule has 30 heavy (non-hydrogen) atoms. The zero-order chi connectivity index (χ0) is 20.8. The third kappa shape index (κ3) is 6.20. The standard InChI is InChI=1S/C24H32N4O2/c1-18(21-5-3-2-4-6-21)27-24(29)26-16-20-9-10-23(25-15-20)30-22-11-13-28(14-12-22)17-19-7-8-19/h2-6,9-10,15,18-19,22H,7-8,11-14,16-17H2,1H3,(H2,26,27,29)/t18-/m0/s1. The van der Waals surface area contributed by atoms with Gasteiger partial charge in [0.1, 0.15) is 6.10 Å². The van der Waals surface area contributed by atoms with E-state index < -0.39 is 0 Å². The first-order valence-corrected chi connectivity index (χ1v) is 11.1. The molecular weight excluding hydrogens is 376 g/mol. The highest BCUT2D eigenvalue weighted by Gasteiger charge is 2.27. The first-order valence-electron chi connectivity index (χ1n) is 11.1. The second-order valence-corrected chi connectivity index (χ2v) is 8.53. The summed E-state index contributed by atoms with van der Waals surface area (Å²) in [6.07, 6.45) is 6.99. The molecule has 4 rings (SSSR count). The van der Waals surface area contributed by atoms with Gasteiger partial charge < -0.3 is 20.3 Å². The van der Waals surface area contributed by atoms with E-state index in [-0.39, 0.29) is 18.2 Å². The lowest BCUT2D eigenvalue weighted by Gasteiger charge is -2.31. The van der Waals surface area contributed by atoms with E-state index in [1.54, 1.807) is 6.20 Å². The van der Waals surface area contributed by atoms with E-state index in [2.05, 4.69) is 20.5 Å². The first-order chi connectivity index (χ1) is 14.7. The summed E-state index contributed by atoms with van der Waals surface area (Å²) in [7, 11) is 0. The van der Waals surface area contributed by atoms with Crippen LogP contribution in [0.25, 0.3) is 0 Å². The van der Waals surface area contributed by atoms with Crippen LogP contribution in [-0.2, 0) is 6.54 Å². The number of aromatic nitrogens is 1. The largest absolute Gasteiger partial charge is 0.474 e. The van der Waals surface area contributed by atoms with Gasteiger partial charge in [0.25, 0.3) is 0 Å². The maximum Gasteiger partial charge on any atom is 0.315 e. The molecule has 2 aliphatic rings. The fraction of sp³-hybridized carbons (Fsp3) is 0.500. The predicted molar refractivity (Wildman–Crippen MR) is 117 cm³/mol. The van der Waals surface area contributed by atoms with Crippen LogP contribution in [-0.4, -0.2) is 41.7 Å². The van der Waals surface area contributed by atoms with Gasteiger partial charge in [-0.2, -0.15) is 0 Å². The number of rotatable bonds is 8. The highest BCUT2D eigenvalue weighted by atomic mass is 16.5. The first kappa shape index (κ1) is 20.7. The maximum absolute atomic E-state index is 12.2. The molecule has 2 heterocycles. The van der Waals surface area contributed by atoms with Gasteiger partial charge in [0.15, 0.2) is 0 Å². The van der Waals surface area contributed by atoms with Crippen LogP contribution in [0.4, 0.5) is 4.79 Å². The molecule has 2 fully saturated rings. The van der Waals surface area contributed by atoms with Crippen LogP contribution in [0.3, 0.4) is 0 Å². The summed E-state index contributed by atoms with van der Waals surface area (Å²) < 4.78 is 6.07. The summed E-state index contributed by atoms with van der Waals surface area (Å²) in [6.45, 7) is 5.92. The Hall–Kier alpha value is -2.60. The van der Waals surface area contributed by atoms with Crippen LogP contribution in [0.15, 0.2) is 48.7 Å². The average Bonchev–Trinajstić information content (AvgIpc) is 3.59. The number of ether oxygens (including phenoxy) is 1. The molecule has 1 aromatic carbocycles.